The molecule has 25 heavy (non-hydrogen) atoms. The van der Waals surface area contributed by atoms with Crippen LogP contribution in [-0.2, 0) is 13.0 Å². The van der Waals surface area contributed by atoms with Gasteiger partial charge >= 0.3 is 6.03 Å². The monoisotopic (exact) mass is 407 g/mol. The largest absolute Gasteiger partial charge is 0.461 e. The van der Waals surface area contributed by atoms with Crippen molar-refractivity contribution in [2.24, 2.45) is 0 Å². The van der Waals surface area contributed by atoms with Gasteiger partial charge in [-0.1, -0.05) is 15.9 Å². The standard InChI is InChI=1S/C16H15BrFN5O2/c17-11-3-4-12(18)10(8-11)5-6-19-16(24)20-9-14-21-15(23-22-14)13-2-1-7-25-13/h1-4,7-8H,5-6,9H2,(H2,19,20,24)(H,21,22,23). The van der Waals surface area contributed by atoms with Crippen LogP contribution >= 0.6 is 15.9 Å². The lowest BCUT2D eigenvalue weighted by atomic mass is 10.1. The molecule has 0 radical (unpaired) electrons. The van der Waals surface area contributed by atoms with Gasteiger partial charge in [-0.15, -0.1) is 5.10 Å². The number of hydrogen-bond acceptors (Lipinski definition) is 4. The third-order valence-electron chi connectivity index (χ3n) is 3.38. The number of aromatic nitrogens is 3. The Morgan fingerprint density at radius 3 is 3.00 bits per heavy atom. The first kappa shape index (κ1) is 17.2. The topological polar surface area (TPSA) is 95.8 Å². The van der Waals surface area contributed by atoms with Crippen LogP contribution in [0.3, 0.4) is 0 Å². The third kappa shape index (κ3) is 4.66. The zero-order valence-electron chi connectivity index (χ0n) is 13.1. The molecule has 3 rings (SSSR count). The average molecular weight is 408 g/mol. The number of urea groups is 1. The maximum atomic E-state index is 13.6. The number of nitrogens with one attached hydrogen (secondary N) is 3. The lowest BCUT2D eigenvalue weighted by Gasteiger charge is -2.07. The number of rotatable bonds is 6. The van der Waals surface area contributed by atoms with Crippen LogP contribution < -0.4 is 10.6 Å². The highest BCUT2D eigenvalue weighted by Gasteiger charge is 2.09. The highest BCUT2D eigenvalue weighted by Crippen LogP contribution is 2.16. The van der Waals surface area contributed by atoms with E-state index < -0.39 is 0 Å². The molecule has 0 saturated carbocycles. The highest BCUT2D eigenvalue weighted by molar-refractivity contribution is 9.10. The highest BCUT2D eigenvalue weighted by atomic mass is 79.9. The van der Waals surface area contributed by atoms with E-state index in [1.54, 1.807) is 24.3 Å². The predicted octanol–water partition coefficient (Wildman–Crippen LogP) is 3.01. The van der Waals surface area contributed by atoms with Gasteiger partial charge in [0.15, 0.2) is 5.76 Å². The van der Waals surface area contributed by atoms with Gasteiger partial charge in [-0.05, 0) is 42.3 Å². The van der Waals surface area contributed by atoms with Gasteiger partial charge in [-0.25, -0.2) is 14.2 Å². The first-order valence-corrected chi connectivity index (χ1v) is 8.32. The van der Waals surface area contributed by atoms with Crippen LogP contribution in [-0.4, -0.2) is 27.8 Å². The Hall–Kier alpha value is -2.68. The SMILES string of the molecule is O=C(NCCc1cc(Br)ccc1F)NCc1nc(-c2ccco2)n[nH]1. The number of carbonyl (C=O) groups excluding carboxylic acids is 1. The molecular weight excluding hydrogens is 393 g/mol. The van der Waals surface area contributed by atoms with Crippen molar-refractivity contribution in [1.82, 2.24) is 25.8 Å². The number of halogens is 2. The molecule has 3 N–H and O–H groups in total. The van der Waals surface area contributed by atoms with Gasteiger partial charge in [0.25, 0.3) is 0 Å². The molecule has 0 bridgehead atoms. The van der Waals surface area contributed by atoms with Crippen LogP contribution in [0.1, 0.15) is 11.4 Å². The van der Waals surface area contributed by atoms with E-state index in [0.29, 0.717) is 35.9 Å². The Morgan fingerprint density at radius 1 is 1.32 bits per heavy atom. The van der Waals surface area contributed by atoms with Crippen molar-refractivity contribution in [3.63, 3.8) is 0 Å². The normalized spacial score (nSPS) is 10.6. The van der Waals surface area contributed by atoms with Crippen LogP contribution in [0.2, 0.25) is 0 Å². The fourth-order valence-corrected chi connectivity index (χ4v) is 2.57. The van der Waals surface area contributed by atoms with Gasteiger partial charge in [-0.3, -0.25) is 5.10 Å². The summed E-state index contributed by atoms with van der Waals surface area (Å²) in [6, 6.07) is 7.83. The first-order chi connectivity index (χ1) is 12.1. The minimum absolute atomic E-state index is 0.185. The maximum absolute atomic E-state index is 13.6. The minimum atomic E-state index is -0.369. The van der Waals surface area contributed by atoms with E-state index in [9.17, 15) is 9.18 Å². The molecule has 130 valence electrons. The van der Waals surface area contributed by atoms with Gasteiger partial charge in [0, 0.05) is 11.0 Å². The van der Waals surface area contributed by atoms with E-state index in [4.69, 9.17) is 4.42 Å². The van der Waals surface area contributed by atoms with Gasteiger partial charge in [0.1, 0.15) is 11.6 Å². The lowest BCUT2D eigenvalue weighted by Crippen LogP contribution is -2.36. The third-order valence-corrected chi connectivity index (χ3v) is 3.87. The fraction of sp³-hybridized carbons (Fsp3) is 0.188. The molecular formula is C16H15BrFN5O2. The molecule has 9 heteroatoms. The van der Waals surface area contributed by atoms with Crippen molar-refractivity contribution in [2.45, 2.75) is 13.0 Å². The van der Waals surface area contributed by atoms with Crippen LogP contribution in [0.15, 0.2) is 45.5 Å². The fourth-order valence-electron chi connectivity index (χ4n) is 2.16. The summed E-state index contributed by atoms with van der Waals surface area (Å²) in [5, 5.41) is 12.1. The minimum Gasteiger partial charge on any atom is -0.461 e. The molecule has 3 aromatic rings. The van der Waals surface area contributed by atoms with Crippen molar-refractivity contribution in [2.75, 3.05) is 6.54 Å². The maximum Gasteiger partial charge on any atom is 0.315 e. The van der Waals surface area contributed by atoms with Crippen LogP contribution in [0, 0.1) is 5.82 Å². The predicted molar refractivity (Wildman–Crippen MR) is 92.1 cm³/mol. The summed E-state index contributed by atoms with van der Waals surface area (Å²) in [5.41, 5.74) is 0.535. The molecule has 0 aliphatic carbocycles. The number of H-pyrrole nitrogens is 1. The number of aromatic amines is 1. The summed E-state index contributed by atoms with van der Waals surface area (Å²) in [5.74, 6) is 1.17. The summed E-state index contributed by atoms with van der Waals surface area (Å²) in [6.07, 6.45) is 1.93. The molecule has 0 fully saturated rings. The molecule has 0 aliphatic heterocycles. The molecule has 2 amide bonds. The number of nitrogens with zero attached hydrogens (tertiary/aromatic N) is 2. The molecule has 0 atom stereocenters. The lowest BCUT2D eigenvalue weighted by molar-refractivity contribution is 0.240. The second-order valence-corrected chi connectivity index (χ2v) is 6.09. The zero-order chi connectivity index (χ0) is 17.6. The second kappa shape index (κ2) is 7.93. The van der Waals surface area contributed by atoms with Gasteiger partial charge in [0.05, 0.1) is 12.8 Å². The zero-order valence-corrected chi connectivity index (χ0v) is 14.6. The number of benzene rings is 1. The molecule has 0 saturated heterocycles. The summed E-state index contributed by atoms with van der Waals surface area (Å²) >= 11 is 3.29. The molecule has 0 aliphatic rings. The summed E-state index contributed by atoms with van der Waals surface area (Å²) < 4.78 is 19.6. The Kier molecular flexibility index (Phi) is 5.44. The summed E-state index contributed by atoms with van der Waals surface area (Å²) in [6.45, 7) is 0.498. The van der Waals surface area contributed by atoms with E-state index in [1.807, 2.05) is 0 Å². The van der Waals surface area contributed by atoms with Crippen molar-refractivity contribution in [3.8, 4) is 11.6 Å². The molecule has 2 heterocycles. The van der Waals surface area contributed by atoms with Crippen LogP contribution in [0.25, 0.3) is 11.6 Å². The van der Waals surface area contributed by atoms with Crippen molar-refractivity contribution >= 4 is 22.0 Å². The average Bonchev–Trinajstić information content (AvgIpc) is 3.27. The summed E-state index contributed by atoms with van der Waals surface area (Å²) in [4.78, 5) is 16.0. The van der Waals surface area contributed by atoms with E-state index in [0.717, 1.165) is 4.47 Å². The molecule has 7 nitrogen and oxygen atoms in total. The van der Waals surface area contributed by atoms with Crippen LogP contribution in [0.5, 0.6) is 0 Å². The van der Waals surface area contributed by atoms with Gasteiger partial charge in [-0.2, -0.15) is 0 Å². The second-order valence-electron chi connectivity index (χ2n) is 5.18. The van der Waals surface area contributed by atoms with Crippen molar-refractivity contribution in [1.29, 1.82) is 0 Å². The molecule has 1 aromatic carbocycles. The summed E-state index contributed by atoms with van der Waals surface area (Å²) in [7, 11) is 0. The number of amides is 2. The number of hydrogen-bond donors (Lipinski definition) is 3. The Balaban J connectivity index is 1.43. The van der Waals surface area contributed by atoms with E-state index >= 15 is 0 Å². The van der Waals surface area contributed by atoms with E-state index in [-0.39, 0.29) is 18.4 Å². The van der Waals surface area contributed by atoms with Gasteiger partial charge in [0.2, 0.25) is 5.82 Å². The number of carbonyl (C=O) groups is 1. The van der Waals surface area contributed by atoms with Gasteiger partial charge < -0.3 is 15.1 Å². The van der Waals surface area contributed by atoms with Crippen molar-refractivity contribution in [3.05, 3.63) is 58.3 Å². The Morgan fingerprint density at radius 2 is 2.20 bits per heavy atom. The molecule has 0 unspecified atom stereocenters. The van der Waals surface area contributed by atoms with E-state index in [1.165, 1.54) is 12.3 Å². The van der Waals surface area contributed by atoms with Crippen molar-refractivity contribution < 1.29 is 13.6 Å². The molecule has 0 spiro atoms. The van der Waals surface area contributed by atoms with Crippen LogP contribution in [0.4, 0.5) is 9.18 Å². The Bertz CT molecular complexity index is 850. The number of furan rings is 1. The molecule has 2 aromatic heterocycles. The smallest absolute Gasteiger partial charge is 0.315 e. The first-order valence-electron chi connectivity index (χ1n) is 7.52. The Labute approximate surface area is 151 Å². The quantitative estimate of drug-likeness (QED) is 0.584. The van der Waals surface area contributed by atoms with E-state index in [2.05, 4.69) is 41.7 Å².